The summed E-state index contributed by atoms with van der Waals surface area (Å²) < 4.78 is 5.20. The van der Waals surface area contributed by atoms with Gasteiger partial charge in [-0.2, -0.15) is 0 Å². The second-order valence-corrected chi connectivity index (χ2v) is 2.87. The standard InChI is InChI=1S/C9H13NO/c1-7(2)5-10-9-4-8(3)11-6-9/h4-5H,6H2,1-3H3. The van der Waals surface area contributed by atoms with E-state index < -0.39 is 0 Å². The highest BCUT2D eigenvalue weighted by atomic mass is 16.5. The fourth-order valence-corrected chi connectivity index (χ4v) is 0.792. The van der Waals surface area contributed by atoms with Crippen molar-refractivity contribution >= 4 is 5.71 Å². The van der Waals surface area contributed by atoms with Crippen LogP contribution in [0.5, 0.6) is 0 Å². The number of allylic oxidation sites excluding steroid dienone is 2. The highest BCUT2D eigenvalue weighted by Crippen LogP contribution is 2.06. The van der Waals surface area contributed by atoms with E-state index in [2.05, 4.69) is 4.99 Å². The van der Waals surface area contributed by atoms with E-state index in [1.807, 2.05) is 33.0 Å². The Balaban J connectivity index is 2.63. The minimum Gasteiger partial charge on any atom is -0.492 e. The lowest BCUT2D eigenvalue weighted by Gasteiger charge is -1.91. The van der Waals surface area contributed by atoms with Gasteiger partial charge in [-0.1, -0.05) is 5.57 Å². The molecule has 1 aliphatic rings. The monoisotopic (exact) mass is 151 g/mol. The normalized spacial score (nSPS) is 19.5. The first-order chi connectivity index (χ1) is 5.18. The van der Waals surface area contributed by atoms with Crippen LogP contribution in [0.25, 0.3) is 0 Å². The molecule has 0 aromatic rings. The van der Waals surface area contributed by atoms with Crippen molar-refractivity contribution < 1.29 is 4.74 Å². The van der Waals surface area contributed by atoms with Crippen molar-refractivity contribution in [3.8, 4) is 0 Å². The molecule has 0 N–H and O–H groups in total. The summed E-state index contributed by atoms with van der Waals surface area (Å²) in [7, 11) is 0. The highest BCUT2D eigenvalue weighted by Gasteiger charge is 2.05. The molecular formula is C9H13NO. The maximum Gasteiger partial charge on any atom is 0.130 e. The van der Waals surface area contributed by atoms with Gasteiger partial charge in [-0.25, -0.2) is 0 Å². The van der Waals surface area contributed by atoms with Crippen LogP contribution in [-0.2, 0) is 4.74 Å². The zero-order chi connectivity index (χ0) is 8.27. The van der Waals surface area contributed by atoms with Crippen molar-refractivity contribution in [2.45, 2.75) is 20.8 Å². The number of nitrogens with zero attached hydrogens (tertiary/aromatic N) is 1. The predicted octanol–water partition coefficient (Wildman–Crippen LogP) is 2.29. The van der Waals surface area contributed by atoms with Gasteiger partial charge in [0.2, 0.25) is 0 Å². The van der Waals surface area contributed by atoms with Gasteiger partial charge in [-0.15, -0.1) is 0 Å². The van der Waals surface area contributed by atoms with Gasteiger partial charge in [0, 0.05) is 12.3 Å². The lowest BCUT2D eigenvalue weighted by molar-refractivity contribution is 0.275. The molecule has 1 aliphatic heterocycles. The zero-order valence-corrected chi connectivity index (χ0v) is 7.22. The smallest absolute Gasteiger partial charge is 0.130 e. The third-order valence-electron chi connectivity index (χ3n) is 1.31. The lowest BCUT2D eigenvalue weighted by atomic mass is 10.3. The topological polar surface area (TPSA) is 21.6 Å². The summed E-state index contributed by atoms with van der Waals surface area (Å²) in [6.45, 7) is 6.60. The van der Waals surface area contributed by atoms with Crippen LogP contribution in [0.1, 0.15) is 20.8 Å². The summed E-state index contributed by atoms with van der Waals surface area (Å²) in [4.78, 5) is 4.23. The van der Waals surface area contributed by atoms with Crippen molar-refractivity contribution in [1.29, 1.82) is 0 Å². The van der Waals surface area contributed by atoms with Crippen molar-refractivity contribution in [3.05, 3.63) is 23.6 Å². The van der Waals surface area contributed by atoms with Crippen molar-refractivity contribution in [2.24, 2.45) is 4.99 Å². The first kappa shape index (κ1) is 8.05. The number of hydrogen-bond acceptors (Lipinski definition) is 2. The van der Waals surface area contributed by atoms with E-state index in [0.29, 0.717) is 6.61 Å². The zero-order valence-electron chi connectivity index (χ0n) is 7.22. The third-order valence-corrected chi connectivity index (χ3v) is 1.31. The number of hydrogen-bond donors (Lipinski definition) is 0. The van der Waals surface area contributed by atoms with Gasteiger partial charge in [0.25, 0.3) is 0 Å². The van der Waals surface area contributed by atoms with Gasteiger partial charge < -0.3 is 4.74 Å². The van der Waals surface area contributed by atoms with E-state index >= 15 is 0 Å². The molecule has 0 bridgehead atoms. The van der Waals surface area contributed by atoms with Gasteiger partial charge >= 0.3 is 0 Å². The Morgan fingerprint density at radius 3 is 2.82 bits per heavy atom. The highest BCUT2D eigenvalue weighted by molar-refractivity contribution is 5.98. The molecule has 2 heteroatoms. The molecule has 0 amide bonds. The molecule has 0 saturated heterocycles. The molecule has 0 radical (unpaired) electrons. The molecule has 2 nitrogen and oxygen atoms in total. The minimum atomic E-state index is 0.621. The Labute approximate surface area is 67.3 Å². The molecule has 0 aliphatic carbocycles. The molecular weight excluding hydrogens is 138 g/mol. The minimum absolute atomic E-state index is 0.621. The summed E-state index contributed by atoms with van der Waals surface area (Å²) >= 11 is 0. The van der Waals surface area contributed by atoms with E-state index in [0.717, 1.165) is 11.5 Å². The molecule has 0 aromatic carbocycles. The average Bonchev–Trinajstić information content (AvgIpc) is 2.31. The second kappa shape index (κ2) is 3.37. The largest absolute Gasteiger partial charge is 0.492 e. The van der Waals surface area contributed by atoms with Crippen molar-refractivity contribution in [3.63, 3.8) is 0 Å². The Morgan fingerprint density at radius 2 is 2.36 bits per heavy atom. The fourth-order valence-electron chi connectivity index (χ4n) is 0.792. The van der Waals surface area contributed by atoms with Crippen LogP contribution in [-0.4, -0.2) is 12.3 Å². The molecule has 0 spiro atoms. The number of ether oxygens (including phenoxy) is 1. The van der Waals surface area contributed by atoms with Gasteiger partial charge in [-0.3, -0.25) is 4.99 Å². The predicted molar refractivity (Wildman–Crippen MR) is 46.6 cm³/mol. The summed E-state index contributed by atoms with van der Waals surface area (Å²) in [6, 6.07) is 0. The molecule has 1 rings (SSSR count). The molecule has 0 atom stereocenters. The molecule has 1 heterocycles. The van der Waals surface area contributed by atoms with Crippen LogP contribution in [0.4, 0.5) is 0 Å². The Morgan fingerprint density at radius 1 is 1.64 bits per heavy atom. The van der Waals surface area contributed by atoms with Crippen LogP contribution in [0.15, 0.2) is 28.6 Å². The first-order valence-corrected chi connectivity index (χ1v) is 3.69. The molecule has 0 saturated carbocycles. The Kier molecular flexibility index (Phi) is 2.47. The van der Waals surface area contributed by atoms with Crippen LogP contribution in [0.3, 0.4) is 0 Å². The number of aliphatic imine (C=N–C) groups is 1. The van der Waals surface area contributed by atoms with E-state index in [9.17, 15) is 0 Å². The van der Waals surface area contributed by atoms with Crippen LogP contribution < -0.4 is 0 Å². The third kappa shape index (κ3) is 2.58. The summed E-state index contributed by atoms with van der Waals surface area (Å²) in [5, 5.41) is 0. The molecule has 60 valence electrons. The Hall–Kier alpha value is -1.05. The SMILES string of the molecule is CC(C)=CN=C1C=C(C)OC1. The molecule has 0 unspecified atom stereocenters. The van der Waals surface area contributed by atoms with Crippen LogP contribution in [0, 0.1) is 0 Å². The van der Waals surface area contributed by atoms with Gasteiger partial charge in [0.1, 0.15) is 6.61 Å². The molecule has 11 heavy (non-hydrogen) atoms. The maximum atomic E-state index is 5.20. The van der Waals surface area contributed by atoms with Crippen molar-refractivity contribution in [1.82, 2.24) is 0 Å². The van der Waals surface area contributed by atoms with E-state index in [-0.39, 0.29) is 0 Å². The van der Waals surface area contributed by atoms with Crippen LogP contribution in [0.2, 0.25) is 0 Å². The maximum absolute atomic E-state index is 5.20. The average molecular weight is 151 g/mol. The van der Waals surface area contributed by atoms with Gasteiger partial charge in [0.15, 0.2) is 0 Å². The lowest BCUT2D eigenvalue weighted by Crippen LogP contribution is -1.94. The summed E-state index contributed by atoms with van der Waals surface area (Å²) in [5.41, 5.74) is 2.21. The fraction of sp³-hybridized carbons (Fsp3) is 0.444. The molecule has 0 aromatic heterocycles. The summed E-state index contributed by atoms with van der Waals surface area (Å²) in [6.07, 6.45) is 3.81. The van der Waals surface area contributed by atoms with E-state index in [1.165, 1.54) is 5.57 Å². The summed E-state index contributed by atoms with van der Waals surface area (Å²) in [5.74, 6) is 0.950. The quantitative estimate of drug-likeness (QED) is 0.563. The van der Waals surface area contributed by atoms with Crippen molar-refractivity contribution in [2.75, 3.05) is 6.61 Å². The number of rotatable bonds is 1. The second-order valence-electron chi connectivity index (χ2n) is 2.87. The van der Waals surface area contributed by atoms with Gasteiger partial charge in [-0.05, 0) is 20.8 Å². The van der Waals surface area contributed by atoms with Crippen LogP contribution >= 0.6 is 0 Å². The van der Waals surface area contributed by atoms with E-state index in [1.54, 1.807) is 0 Å². The van der Waals surface area contributed by atoms with E-state index in [4.69, 9.17) is 4.74 Å². The first-order valence-electron chi connectivity index (χ1n) is 3.69. The van der Waals surface area contributed by atoms with Gasteiger partial charge in [0.05, 0.1) is 11.5 Å². The molecule has 0 fully saturated rings. The Bertz CT molecular complexity index is 232.